The molecule has 2 N–H and O–H groups in total. The molecule has 0 radical (unpaired) electrons. The summed E-state index contributed by atoms with van der Waals surface area (Å²) in [4.78, 5) is 0. The molecule has 1 unspecified atom stereocenters. The molecule has 0 fully saturated rings. The van der Waals surface area contributed by atoms with Gasteiger partial charge in [-0.25, -0.2) is 0 Å². The fourth-order valence-electron chi connectivity index (χ4n) is 2.46. The number of hydrogen-bond donors (Lipinski definition) is 2. The SMILES string of the molecule is CCCC(O)COCCOCCOCCOCCOCCOCCOCCOCCOCCO. The van der Waals surface area contributed by atoms with E-state index in [9.17, 15) is 5.11 Å². The van der Waals surface area contributed by atoms with E-state index in [0.29, 0.717) is 119 Å². The second-order valence-corrected chi connectivity index (χ2v) is 7.14. The van der Waals surface area contributed by atoms with E-state index in [1.807, 2.05) is 6.92 Å². The molecule has 1 atom stereocenters. The molecule has 34 heavy (non-hydrogen) atoms. The maximum Gasteiger partial charge on any atom is 0.0773 e. The summed E-state index contributed by atoms with van der Waals surface area (Å²) in [5.74, 6) is 0. The van der Waals surface area contributed by atoms with Crippen LogP contribution in [-0.4, -0.2) is 142 Å². The lowest BCUT2D eigenvalue weighted by atomic mass is 10.2. The lowest BCUT2D eigenvalue weighted by Gasteiger charge is -2.10. The summed E-state index contributed by atoms with van der Waals surface area (Å²) in [5.41, 5.74) is 0. The highest BCUT2D eigenvalue weighted by molar-refractivity contribution is 4.51. The van der Waals surface area contributed by atoms with Crippen molar-refractivity contribution in [3.05, 3.63) is 0 Å². The van der Waals surface area contributed by atoms with Crippen molar-refractivity contribution in [1.82, 2.24) is 0 Å². The van der Waals surface area contributed by atoms with Gasteiger partial charge in [0.2, 0.25) is 0 Å². The largest absolute Gasteiger partial charge is 0.394 e. The summed E-state index contributed by atoms with van der Waals surface area (Å²) >= 11 is 0. The predicted octanol–water partition coefficient (Wildman–Crippen LogP) is 0.289. The van der Waals surface area contributed by atoms with Crippen molar-refractivity contribution in [3.63, 3.8) is 0 Å². The van der Waals surface area contributed by atoms with Gasteiger partial charge in [-0.05, 0) is 6.42 Å². The molecule has 0 saturated carbocycles. The van der Waals surface area contributed by atoms with Crippen molar-refractivity contribution in [3.8, 4) is 0 Å². The summed E-state index contributed by atoms with van der Waals surface area (Å²) in [5, 5.41) is 18.1. The third-order valence-corrected chi connectivity index (χ3v) is 4.14. The minimum absolute atomic E-state index is 0.0275. The third-order valence-electron chi connectivity index (χ3n) is 4.14. The van der Waals surface area contributed by atoms with E-state index in [1.165, 1.54) is 0 Å². The second-order valence-electron chi connectivity index (χ2n) is 7.14. The molecule has 0 aliphatic carbocycles. The van der Waals surface area contributed by atoms with E-state index >= 15 is 0 Å². The molecule has 0 aliphatic rings. The molecule has 0 heterocycles. The first-order chi connectivity index (χ1) is 16.8. The van der Waals surface area contributed by atoms with Crippen LogP contribution in [-0.2, 0) is 42.6 Å². The van der Waals surface area contributed by atoms with Gasteiger partial charge in [-0.1, -0.05) is 13.3 Å². The molecule has 11 heteroatoms. The first kappa shape index (κ1) is 33.6. The number of aliphatic hydroxyl groups is 2. The quantitative estimate of drug-likeness (QED) is 0.132. The molecule has 0 aromatic heterocycles. The van der Waals surface area contributed by atoms with Crippen molar-refractivity contribution in [2.24, 2.45) is 0 Å². The van der Waals surface area contributed by atoms with Crippen LogP contribution >= 0.6 is 0 Å². The fraction of sp³-hybridized carbons (Fsp3) is 1.00. The Bertz CT molecular complexity index is 364. The molecule has 0 aromatic rings. The lowest BCUT2D eigenvalue weighted by molar-refractivity contribution is -0.0285. The van der Waals surface area contributed by atoms with Crippen LogP contribution in [0.25, 0.3) is 0 Å². The Hall–Kier alpha value is -0.440. The first-order valence-electron chi connectivity index (χ1n) is 12.3. The topological polar surface area (TPSA) is 124 Å². The monoisotopic (exact) mass is 500 g/mol. The van der Waals surface area contributed by atoms with Gasteiger partial charge in [0.1, 0.15) is 0 Å². The highest BCUT2D eigenvalue weighted by Crippen LogP contribution is 1.96. The maximum absolute atomic E-state index is 9.52. The van der Waals surface area contributed by atoms with Gasteiger partial charge >= 0.3 is 0 Å². The zero-order valence-corrected chi connectivity index (χ0v) is 21.0. The average molecular weight is 501 g/mol. The Morgan fingerprint density at radius 1 is 0.441 bits per heavy atom. The van der Waals surface area contributed by atoms with Gasteiger partial charge in [-0.2, -0.15) is 0 Å². The normalized spacial score (nSPS) is 12.4. The van der Waals surface area contributed by atoms with Crippen LogP contribution in [0.5, 0.6) is 0 Å². The zero-order chi connectivity index (χ0) is 24.8. The molecule has 206 valence electrons. The minimum atomic E-state index is -0.384. The Kier molecular flexibility index (Phi) is 30.2. The van der Waals surface area contributed by atoms with Gasteiger partial charge in [-0.3, -0.25) is 0 Å². The summed E-state index contributed by atoms with van der Waals surface area (Å²) in [6, 6.07) is 0. The van der Waals surface area contributed by atoms with Crippen LogP contribution in [0.2, 0.25) is 0 Å². The Morgan fingerprint density at radius 2 is 0.706 bits per heavy atom. The predicted molar refractivity (Wildman–Crippen MR) is 125 cm³/mol. The molecule has 11 nitrogen and oxygen atoms in total. The fourth-order valence-corrected chi connectivity index (χ4v) is 2.46. The number of aliphatic hydroxyl groups excluding tert-OH is 2. The molecule has 0 rings (SSSR count). The highest BCUT2D eigenvalue weighted by atomic mass is 16.6. The summed E-state index contributed by atoms with van der Waals surface area (Å²) in [6.07, 6.45) is 1.33. The zero-order valence-electron chi connectivity index (χ0n) is 21.0. The molecule has 0 aromatic carbocycles. The number of rotatable bonds is 30. The van der Waals surface area contributed by atoms with Gasteiger partial charge in [-0.15, -0.1) is 0 Å². The van der Waals surface area contributed by atoms with Gasteiger partial charge < -0.3 is 52.8 Å². The Labute approximate surface area is 204 Å². The van der Waals surface area contributed by atoms with E-state index in [0.717, 1.165) is 12.8 Å². The molecule has 0 bridgehead atoms. The van der Waals surface area contributed by atoms with Crippen molar-refractivity contribution in [1.29, 1.82) is 0 Å². The van der Waals surface area contributed by atoms with E-state index in [2.05, 4.69) is 0 Å². The molecular weight excluding hydrogens is 452 g/mol. The summed E-state index contributed by atoms with van der Waals surface area (Å²) in [7, 11) is 0. The van der Waals surface area contributed by atoms with E-state index in [-0.39, 0.29) is 12.7 Å². The van der Waals surface area contributed by atoms with Crippen LogP contribution in [0.3, 0.4) is 0 Å². The lowest BCUT2D eigenvalue weighted by Crippen LogP contribution is -2.18. The van der Waals surface area contributed by atoms with Crippen LogP contribution in [0, 0.1) is 0 Å². The van der Waals surface area contributed by atoms with Crippen molar-refractivity contribution in [2.45, 2.75) is 25.9 Å². The van der Waals surface area contributed by atoms with Crippen molar-refractivity contribution < 1.29 is 52.8 Å². The van der Waals surface area contributed by atoms with E-state index in [1.54, 1.807) is 0 Å². The summed E-state index contributed by atoms with van der Waals surface area (Å²) in [6.45, 7) is 10.8. The van der Waals surface area contributed by atoms with Crippen LogP contribution in [0.4, 0.5) is 0 Å². The smallest absolute Gasteiger partial charge is 0.0773 e. The number of ether oxygens (including phenoxy) is 9. The molecule has 0 spiro atoms. The second kappa shape index (κ2) is 30.6. The standard InChI is InChI=1S/C23H48O11/c1-2-3-23(25)22-34-21-20-33-19-18-32-17-16-31-15-14-30-13-12-29-11-10-28-9-8-27-7-6-26-5-4-24/h23-25H,2-22H2,1H3. The highest BCUT2D eigenvalue weighted by Gasteiger charge is 2.01. The van der Waals surface area contributed by atoms with Gasteiger partial charge in [0.15, 0.2) is 0 Å². The molecule has 0 saturated heterocycles. The van der Waals surface area contributed by atoms with Gasteiger partial charge in [0.05, 0.1) is 132 Å². The van der Waals surface area contributed by atoms with Crippen LogP contribution in [0.1, 0.15) is 19.8 Å². The average Bonchev–Trinajstić information content (AvgIpc) is 2.83. The third kappa shape index (κ3) is 29.6. The van der Waals surface area contributed by atoms with Crippen LogP contribution in [0.15, 0.2) is 0 Å². The minimum Gasteiger partial charge on any atom is -0.394 e. The van der Waals surface area contributed by atoms with Crippen LogP contribution < -0.4 is 0 Å². The van der Waals surface area contributed by atoms with Gasteiger partial charge in [0, 0.05) is 0 Å². The van der Waals surface area contributed by atoms with E-state index in [4.69, 9.17) is 47.7 Å². The molecule has 0 aliphatic heterocycles. The maximum atomic E-state index is 9.52. The molecule has 0 amide bonds. The molecular formula is C23H48O11. The van der Waals surface area contributed by atoms with Crippen molar-refractivity contribution in [2.75, 3.05) is 126 Å². The number of hydrogen-bond acceptors (Lipinski definition) is 11. The van der Waals surface area contributed by atoms with E-state index < -0.39 is 0 Å². The van der Waals surface area contributed by atoms with Crippen molar-refractivity contribution >= 4 is 0 Å². The van der Waals surface area contributed by atoms with Gasteiger partial charge in [0.25, 0.3) is 0 Å². The Morgan fingerprint density at radius 3 is 0.971 bits per heavy atom. The first-order valence-corrected chi connectivity index (χ1v) is 12.3. The Balaban J connectivity index is 3.03. The summed E-state index contributed by atoms with van der Waals surface area (Å²) < 4.78 is 48.2.